The van der Waals surface area contributed by atoms with Crippen LogP contribution in [-0.2, 0) is 6.54 Å². The number of nitrogens with one attached hydrogen (secondary N) is 2. The summed E-state index contributed by atoms with van der Waals surface area (Å²) in [5, 5.41) is 6.36. The first-order valence-corrected chi connectivity index (χ1v) is 12.0. The molecule has 0 bridgehead atoms. The molecule has 0 aliphatic rings. The number of hydrogen-bond donors (Lipinski definition) is 2. The number of nitrogens with zero attached hydrogens (tertiary/aromatic N) is 1. The number of ether oxygens (including phenoxy) is 1. The number of thiocarbonyl (C=S) groups is 1. The third kappa shape index (κ3) is 5.75. The molecule has 0 saturated carbocycles. The molecule has 0 unspecified atom stereocenters. The molecule has 1 aromatic heterocycles. The van der Waals surface area contributed by atoms with Crippen LogP contribution < -0.4 is 15.4 Å². The molecular formula is C26H23Cl2N3O3S. The van der Waals surface area contributed by atoms with Gasteiger partial charge in [0.15, 0.2) is 10.7 Å². The van der Waals surface area contributed by atoms with Gasteiger partial charge < -0.3 is 14.5 Å². The Bertz CT molecular complexity index is 1400. The summed E-state index contributed by atoms with van der Waals surface area (Å²) in [6.07, 6.45) is 0. The third-order valence-electron chi connectivity index (χ3n) is 5.42. The van der Waals surface area contributed by atoms with E-state index < -0.39 is 5.91 Å². The lowest BCUT2D eigenvalue weighted by molar-refractivity contribution is 0.0973. The maximum Gasteiger partial charge on any atom is 0.261 e. The summed E-state index contributed by atoms with van der Waals surface area (Å²) in [6.45, 7) is 4.71. The van der Waals surface area contributed by atoms with E-state index in [9.17, 15) is 4.79 Å². The summed E-state index contributed by atoms with van der Waals surface area (Å²) >= 11 is 17.4. The number of rotatable bonds is 6. The molecule has 0 aliphatic carbocycles. The molecule has 35 heavy (non-hydrogen) atoms. The van der Waals surface area contributed by atoms with Crippen LogP contribution in [0.25, 0.3) is 22.6 Å². The molecule has 1 amide bonds. The summed E-state index contributed by atoms with van der Waals surface area (Å²) in [5.74, 6) is 0.743. The van der Waals surface area contributed by atoms with Gasteiger partial charge >= 0.3 is 0 Å². The van der Waals surface area contributed by atoms with Crippen LogP contribution >= 0.6 is 35.4 Å². The maximum absolute atomic E-state index is 12.6. The van der Waals surface area contributed by atoms with E-state index in [4.69, 9.17) is 44.6 Å². The predicted octanol–water partition coefficient (Wildman–Crippen LogP) is 6.74. The number of carbonyl (C=O) groups excluding carboxylic acids is 1. The van der Waals surface area contributed by atoms with Gasteiger partial charge in [0.2, 0.25) is 5.89 Å². The molecule has 0 fully saturated rings. The quantitative estimate of drug-likeness (QED) is 0.270. The average Bonchev–Trinajstić information content (AvgIpc) is 3.26. The van der Waals surface area contributed by atoms with Crippen LogP contribution in [0.15, 0.2) is 59.0 Å². The standard InChI is InChI=1S/C26H23Cl2N3O3S/c1-14(2)17-8-9-22-21(10-17)30-25(34-22)16-6-4-15(5-7-16)13-29-26(35)31-24(32)19-11-18(27)12-20(28)23(19)33-3/h4-12,14H,13H2,1-3H3,(H2,29,31,32,35). The van der Waals surface area contributed by atoms with Crippen molar-refractivity contribution in [2.45, 2.75) is 26.3 Å². The molecule has 6 nitrogen and oxygen atoms in total. The van der Waals surface area contributed by atoms with Crippen molar-refractivity contribution < 1.29 is 13.9 Å². The van der Waals surface area contributed by atoms with Crippen molar-refractivity contribution in [1.29, 1.82) is 0 Å². The Morgan fingerprint density at radius 1 is 1.11 bits per heavy atom. The van der Waals surface area contributed by atoms with Crippen molar-refractivity contribution in [1.82, 2.24) is 15.6 Å². The van der Waals surface area contributed by atoms with Gasteiger partial charge in [0, 0.05) is 17.1 Å². The van der Waals surface area contributed by atoms with Gasteiger partial charge in [-0.05, 0) is 65.7 Å². The molecule has 4 rings (SSSR count). The second-order valence-corrected chi connectivity index (χ2v) is 9.45. The molecule has 180 valence electrons. The fraction of sp³-hybridized carbons (Fsp3) is 0.192. The molecule has 0 atom stereocenters. The zero-order valence-corrected chi connectivity index (χ0v) is 21.6. The second-order valence-electron chi connectivity index (χ2n) is 8.20. The first-order valence-electron chi connectivity index (χ1n) is 10.9. The molecular weight excluding hydrogens is 505 g/mol. The van der Waals surface area contributed by atoms with Gasteiger partial charge in [-0.2, -0.15) is 0 Å². The monoisotopic (exact) mass is 527 g/mol. The van der Waals surface area contributed by atoms with E-state index in [-0.39, 0.29) is 21.4 Å². The number of oxazole rings is 1. The number of halogens is 2. The molecule has 0 radical (unpaired) electrons. The normalized spacial score (nSPS) is 11.0. The lowest BCUT2D eigenvalue weighted by Crippen LogP contribution is -2.39. The third-order valence-corrected chi connectivity index (χ3v) is 6.16. The Hall–Kier alpha value is -3.13. The minimum Gasteiger partial charge on any atom is -0.494 e. The van der Waals surface area contributed by atoms with Crippen LogP contribution in [0.3, 0.4) is 0 Å². The SMILES string of the molecule is COc1c(Cl)cc(Cl)cc1C(=O)NC(=S)NCc1ccc(-c2nc3cc(C(C)C)ccc3o2)cc1. The van der Waals surface area contributed by atoms with Crippen molar-refractivity contribution in [3.63, 3.8) is 0 Å². The van der Waals surface area contributed by atoms with Crippen LogP contribution in [0.5, 0.6) is 5.75 Å². The fourth-order valence-corrected chi connectivity index (χ4v) is 4.26. The van der Waals surface area contributed by atoms with E-state index in [0.717, 1.165) is 22.2 Å². The number of aromatic nitrogens is 1. The highest BCUT2D eigenvalue weighted by atomic mass is 35.5. The van der Waals surface area contributed by atoms with Gasteiger partial charge in [-0.3, -0.25) is 10.1 Å². The summed E-state index contributed by atoms with van der Waals surface area (Å²) in [7, 11) is 1.43. The molecule has 0 aliphatic heterocycles. The van der Waals surface area contributed by atoms with Gasteiger partial charge in [0.25, 0.3) is 5.91 Å². The van der Waals surface area contributed by atoms with Crippen LogP contribution in [0, 0.1) is 0 Å². The number of benzene rings is 3. The topological polar surface area (TPSA) is 76.4 Å². The van der Waals surface area contributed by atoms with E-state index in [1.54, 1.807) is 0 Å². The highest BCUT2D eigenvalue weighted by Crippen LogP contribution is 2.32. The van der Waals surface area contributed by atoms with Crippen molar-refractivity contribution in [3.05, 3.63) is 81.3 Å². The smallest absolute Gasteiger partial charge is 0.261 e. The van der Waals surface area contributed by atoms with Crippen molar-refractivity contribution in [3.8, 4) is 17.2 Å². The first-order chi connectivity index (χ1) is 16.7. The molecule has 4 aromatic rings. The minimum atomic E-state index is -0.476. The van der Waals surface area contributed by atoms with Gasteiger partial charge in [-0.15, -0.1) is 0 Å². The molecule has 3 aromatic carbocycles. The minimum absolute atomic E-state index is 0.164. The maximum atomic E-state index is 12.6. The number of amides is 1. The molecule has 0 spiro atoms. The Labute approximate surface area is 218 Å². The summed E-state index contributed by atoms with van der Waals surface area (Å²) in [6, 6.07) is 16.8. The van der Waals surface area contributed by atoms with E-state index in [0.29, 0.717) is 23.4 Å². The van der Waals surface area contributed by atoms with Gasteiger partial charge in [0.1, 0.15) is 11.3 Å². The first kappa shape index (κ1) is 25.0. The number of methoxy groups -OCH3 is 1. The molecule has 9 heteroatoms. The van der Waals surface area contributed by atoms with Crippen molar-refractivity contribution in [2.75, 3.05) is 7.11 Å². The van der Waals surface area contributed by atoms with Crippen molar-refractivity contribution in [2.24, 2.45) is 0 Å². The van der Waals surface area contributed by atoms with Gasteiger partial charge in [0.05, 0.1) is 17.7 Å². The zero-order chi connectivity index (χ0) is 25.1. The molecule has 2 N–H and O–H groups in total. The van der Waals surface area contributed by atoms with Crippen LogP contribution in [-0.4, -0.2) is 23.1 Å². The Kier molecular flexibility index (Phi) is 7.60. The number of hydrogen-bond acceptors (Lipinski definition) is 5. The number of fused-ring (bicyclic) bond motifs is 1. The summed E-state index contributed by atoms with van der Waals surface area (Å²) in [4.78, 5) is 17.3. The fourth-order valence-electron chi connectivity index (χ4n) is 3.53. The van der Waals surface area contributed by atoms with Crippen LogP contribution in [0.2, 0.25) is 10.0 Å². The van der Waals surface area contributed by atoms with E-state index in [2.05, 4.69) is 41.6 Å². The highest BCUT2D eigenvalue weighted by Gasteiger charge is 2.18. The molecule has 0 saturated heterocycles. The Morgan fingerprint density at radius 3 is 2.54 bits per heavy atom. The largest absolute Gasteiger partial charge is 0.494 e. The average molecular weight is 528 g/mol. The van der Waals surface area contributed by atoms with Crippen LogP contribution in [0.4, 0.5) is 0 Å². The second kappa shape index (κ2) is 10.6. The van der Waals surface area contributed by atoms with E-state index in [1.165, 1.54) is 24.8 Å². The lowest BCUT2D eigenvalue weighted by atomic mass is 10.0. The van der Waals surface area contributed by atoms with E-state index in [1.807, 2.05) is 30.3 Å². The summed E-state index contributed by atoms with van der Waals surface area (Å²) in [5.41, 5.74) is 4.85. The van der Waals surface area contributed by atoms with Crippen molar-refractivity contribution >= 4 is 57.5 Å². The number of carbonyl (C=O) groups is 1. The van der Waals surface area contributed by atoms with Gasteiger partial charge in [-0.1, -0.05) is 55.2 Å². The molecule has 1 heterocycles. The van der Waals surface area contributed by atoms with Gasteiger partial charge in [-0.25, -0.2) is 4.98 Å². The highest BCUT2D eigenvalue weighted by molar-refractivity contribution is 7.80. The Morgan fingerprint density at radius 2 is 1.86 bits per heavy atom. The Balaban J connectivity index is 1.38. The zero-order valence-electron chi connectivity index (χ0n) is 19.3. The lowest BCUT2D eigenvalue weighted by Gasteiger charge is -2.13. The van der Waals surface area contributed by atoms with E-state index >= 15 is 0 Å². The van der Waals surface area contributed by atoms with Crippen LogP contribution in [0.1, 0.15) is 41.3 Å². The predicted molar refractivity (Wildman–Crippen MR) is 143 cm³/mol. The summed E-state index contributed by atoms with van der Waals surface area (Å²) < 4.78 is 11.1.